The Morgan fingerprint density at radius 2 is 2.20 bits per heavy atom. The Bertz CT molecular complexity index is 165. The summed E-state index contributed by atoms with van der Waals surface area (Å²) in [6.45, 7) is 4.84. The zero-order chi connectivity index (χ0) is 11.5. The van der Waals surface area contributed by atoms with Crippen LogP contribution in [0.25, 0.3) is 0 Å². The Hall–Kier alpha value is -0.260. The molecule has 0 aromatic carbocycles. The molecular weight excluding hydrogens is 214 g/mol. The van der Waals surface area contributed by atoms with Crippen molar-refractivity contribution in [1.82, 2.24) is 5.32 Å². The van der Waals surface area contributed by atoms with Gasteiger partial charge in [0.1, 0.15) is 6.61 Å². The van der Waals surface area contributed by atoms with Crippen LogP contribution in [0.3, 0.4) is 0 Å². The van der Waals surface area contributed by atoms with Crippen molar-refractivity contribution >= 4 is 17.7 Å². The number of carbonyl (C=O) groups is 1. The van der Waals surface area contributed by atoms with E-state index < -0.39 is 0 Å². The largest absolute Gasteiger partial charge is 0.396 e. The van der Waals surface area contributed by atoms with E-state index in [1.165, 1.54) is 0 Å². The van der Waals surface area contributed by atoms with Crippen molar-refractivity contribution in [3.8, 4) is 0 Å². The average Bonchev–Trinajstić information content (AvgIpc) is 2.20. The highest BCUT2D eigenvalue weighted by Gasteiger charge is 2.01. The summed E-state index contributed by atoms with van der Waals surface area (Å²) in [5.74, 6) is 1.76. The van der Waals surface area contributed by atoms with Crippen LogP contribution < -0.4 is 5.32 Å². The highest BCUT2D eigenvalue weighted by atomic mass is 32.2. The minimum Gasteiger partial charge on any atom is -0.396 e. The van der Waals surface area contributed by atoms with E-state index in [-0.39, 0.29) is 25.2 Å². The van der Waals surface area contributed by atoms with Gasteiger partial charge in [0.05, 0.1) is 6.10 Å². The first kappa shape index (κ1) is 14.7. The van der Waals surface area contributed by atoms with Crippen molar-refractivity contribution in [1.29, 1.82) is 0 Å². The zero-order valence-corrected chi connectivity index (χ0v) is 10.3. The van der Waals surface area contributed by atoms with E-state index in [4.69, 9.17) is 9.84 Å². The van der Waals surface area contributed by atoms with Gasteiger partial charge in [0.2, 0.25) is 5.91 Å². The van der Waals surface area contributed by atoms with Gasteiger partial charge in [-0.05, 0) is 26.0 Å². The van der Waals surface area contributed by atoms with Gasteiger partial charge in [0.15, 0.2) is 0 Å². The van der Waals surface area contributed by atoms with E-state index in [2.05, 4.69) is 5.32 Å². The highest BCUT2D eigenvalue weighted by Crippen LogP contribution is 1.99. The third-order valence-corrected chi connectivity index (χ3v) is 2.63. The Kier molecular flexibility index (Phi) is 10.1. The third-order valence-electron chi connectivity index (χ3n) is 1.56. The molecule has 1 amide bonds. The van der Waals surface area contributed by atoms with E-state index in [1.807, 2.05) is 13.8 Å². The molecule has 0 radical (unpaired) electrons. The Morgan fingerprint density at radius 3 is 2.80 bits per heavy atom. The summed E-state index contributed by atoms with van der Waals surface area (Å²) in [7, 11) is 0. The monoisotopic (exact) mass is 235 g/mol. The van der Waals surface area contributed by atoms with Crippen LogP contribution in [0, 0.1) is 0 Å². The summed E-state index contributed by atoms with van der Waals surface area (Å²) in [5, 5.41) is 11.3. The summed E-state index contributed by atoms with van der Waals surface area (Å²) >= 11 is 1.73. The predicted octanol–water partition coefficient (Wildman–Crippen LogP) is 0.643. The standard InChI is InChI=1S/C10H21NO3S/c1-9(2)14-8-10(13)11-4-7-15-6-3-5-12/h9,12H,3-8H2,1-2H3,(H,11,13). The summed E-state index contributed by atoms with van der Waals surface area (Å²) in [4.78, 5) is 11.2. The smallest absolute Gasteiger partial charge is 0.246 e. The van der Waals surface area contributed by atoms with Crippen LogP contribution in [0.5, 0.6) is 0 Å². The first-order valence-corrected chi connectivity index (χ1v) is 6.39. The van der Waals surface area contributed by atoms with Crippen molar-refractivity contribution in [3.05, 3.63) is 0 Å². The lowest BCUT2D eigenvalue weighted by Gasteiger charge is -2.08. The summed E-state index contributed by atoms with van der Waals surface area (Å²) < 4.78 is 5.15. The molecule has 0 unspecified atom stereocenters. The number of rotatable bonds is 9. The van der Waals surface area contributed by atoms with Gasteiger partial charge >= 0.3 is 0 Å². The quantitative estimate of drug-likeness (QED) is 0.576. The van der Waals surface area contributed by atoms with Gasteiger partial charge in [-0.1, -0.05) is 0 Å². The molecule has 90 valence electrons. The molecule has 15 heavy (non-hydrogen) atoms. The molecule has 0 bridgehead atoms. The van der Waals surface area contributed by atoms with E-state index in [0.29, 0.717) is 6.54 Å². The van der Waals surface area contributed by atoms with Crippen molar-refractivity contribution in [2.45, 2.75) is 26.4 Å². The molecule has 0 aromatic heterocycles. The second kappa shape index (κ2) is 10.3. The number of hydrogen-bond acceptors (Lipinski definition) is 4. The minimum absolute atomic E-state index is 0.0635. The fraction of sp³-hybridized carbons (Fsp3) is 0.900. The molecule has 0 heterocycles. The zero-order valence-electron chi connectivity index (χ0n) is 9.49. The molecule has 0 aromatic rings. The normalized spacial score (nSPS) is 10.7. The molecule has 0 spiro atoms. The Balaban J connectivity index is 3.17. The van der Waals surface area contributed by atoms with Crippen molar-refractivity contribution in [2.24, 2.45) is 0 Å². The van der Waals surface area contributed by atoms with Gasteiger partial charge in [-0.2, -0.15) is 11.8 Å². The topological polar surface area (TPSA) is 58.6 Å². The van der Waals surface area contributed by atoms with Crippen molar-refractivity contribution in [2.75, 3.05) is 31.3 Å². The number of ether oxygens (including phenoxy) is 1. The number of thioether (sulfide) groups is 1. The molecule has 0 fully saturated rings. The number of aliphatic hydroxyl groups excluding tert-OH is 1. The maximum atomic E-state index is 11.2. The fourth-order valence-corrected chi connectivity index (χ4v) is 1.61. The molecule has 4 nitrogen and oxygen atoms in total. The highest BCUT2D eigenvalue weighted by molar-refractivity contribution is 7.99. The number of aliphatic hydroxyl groups is 1. The number of nitrogens with one attached hydrogen (secondary N) is 1. The number of hydrogen-bond donors (Lipinski definition) is 2. The van der Waals surface area contributed by atoms with Gasteiger partial charge in [-0.3, -0.25) is 4.79 Å². The summed E-state index contributed by atoms with van der Waals surface area (Å²) in [6, 6.07) is 0. The molecule has 0 aliphatic rings. The van der Waals surface area contributed by atoms with Crippen molar-refractivity contribution < 1.29 is 14.6 Å². The van der Waals surface area contributed by atoms with Crippen LogP contribution >= 0.6 is 11.8 Å². The summed E-state index contributed by atoms with van der Waals surface area (Å²) in [6.07, 6.45) is 0.907. The van der Waals surface area contributed by atoms with E-state index in [1.54, 1.807) is 11.8 Å². The first-order chi connectivity index (χ1) is 7.16. The predicted molar refractivity (Wildman–Crippen MR) is 63.1 cm³/mol. The maximum Gasteiger partial charge on any atom is 0.246 e. The molecule has 0 saturated heterocycles. The number of carbonyl (C=O) groups excluding carboxylic acids is 1. The van der Waals surface area contributed by atoms with Gasteiger partial charge < -0.3 is 15.2 Å². The van der Waals surface area contributed by atoms with E-state index >= 15 is 0 Å². The van der Waals surface area contributed by atoms with Crippen LogP contribution in [0.4, 0.5) is 0 Å². The molecule has 0 atom stereocenters. The first-order valence-electron chi connectivity index (χ1n) is 5.23. The van der Waals surface area contributed by atoms with Crippen LogP contribution in [-0.4, -0.2) is 48.4 Å². The Labute approximate surface area is 95.8 Å². The Morgan fingerprint density at radius 1 is 1.47 bits per heavy atom. The molecule has 0 rings (SSSR count). The third kappa shape index (κ3) is 11.7. The number of amides is 1. The van der Waals surface area contributed by atoms with Crippen LogP contribution in [0.1, 0.15) is 20.3 Å². The van der Waals surface area contributed by atoms with E-state index in [0.717, 1.165) is 17.9 Å². The minimum atomic E-state index is -0.0635. The lowest BCUT2D eigenvalue weighted by molar-refractivity contribution is -0.126. The van der Waals surface area contributed by atoms with Crippen LogP contribution in [0.15, 0.2) is 0 Å². The average molecular weight is 235 g/mol. The SMILES string of the molecule is CC(C)OCC(=O)NCCSCCCO. The summed E-state index contributed by atoms with van der Waals surface area (Å²) in [5.41, 5.74) is 0. The van der Waals surface area contributed by atoms with Gasteiger partial charge in [-0.15, -0.1) is 0 Å². The molecule has 2 N–H and O–H groups in total. The molecule has 0 saturated carbocycles. The van der Waals surface area contributed by atoms with Crippen LogP contribution in [-0.2, 0) is 9.53 Å². The second-order valence-corrected chi connectivity index (χ2v) is 4.62. The lowest BCUT2D eigenvalue weighted by Crippen LogP contribution is -2.30. The molecule has 0 aliphatic carbocycles. The van der Waals surface area contributed by atoms with Gasteiger partial charge in [0.25, 0.3) is 0 Å². The fourth-order valence-electron chi connectivity index (χ4n) is 0.825. The molecule has 0 aliphatic heterocycles. The van der Waals surface area contributed by atoms with Crippen LogP contribution in [0.2, 0.25) is 0 Å². The van der Waals surface area contributed by atoms with E-state index in [9.17, 15) is 4.79 Å². The molecular formula is C10H21NO3S. The van der Waals surface area contributed by atoms with Gasteiger partial charge in [-0.25, -0.2) is 0 Å². The van der Waals surface area contributed by atoms with Gasteiger partial charge in [0, 0.05) is 18.9 Å². The second-order valence-electron chi connectivity index (χ2n) is 3.40. The lowest BCUT2D eigenvalue weighted by atomic mass is 10.5. The molecule has 5 heteroatoms. The maximum absolute atomic E-state index is 11.2. The van der Waals surface area contributed by atoms with Crippen molar-refractivity contribution in [3.63, 3.8) is 0 Å².